The fraction of sp³-hybridized carbons (Fsp3) is 0.600. The number of hydrogen-bond acceptors (Lipinski definition) is 3. The molecule has 1 aromatic rings. The summed E-state index contributed by atoms with van der Waals surface area (Å²) in [7, 11) is 2.18. The van der Waals surface area contributed by atoms with E-state index in [0.717, 1.165) is 63.9 Å². The Labute approximate surface area is 145 Å². The third kappa shape index (κ3) is 4.44. The molecule has 1 saturated heterocycles. The first-order chi connectivity index (χ1) is 11.7. The molecule has 0 saturated carbocycles. The molecule has 24 heavy (non-hydrogen) atoms. The van der Waals surface area contributed by atoms with E-state index in [0.29, 0.717) is 11.9 Å². The Morgan fingerprint density at radius 3 is 2.92 bits per heavy atom. The minimum absolute atomic E-state index is 0.220. The van der Waals surface area contributed by atoms with Crippen LogP contribution in [0.25, 0.3) is 0 Å². The molecule has 0 aromatic carbocycles. The number of allylic oxidation sites excluding steroid dienone is 2. The SMILES string of the molecule is CN(Cc1ccccn1)[C@@H]1CCCN(C(=O)[C@@H]2CC=CCC2)CC1. The van der Waals surface area contributed by atoms with E-state index in [4.69, 9.17) is 0 Å². The van der Waals surface area contributed by atoms with Gasteiger partial charge >= 0.3 is 0 Å². The molecule has 3 rings (SSSR count). The average Bonchev–Trinajstić information content (AvgIpc) is 2.89. The van der Waals surface area contributed by atoms with Gasteiger partial charge in [0.1, 0.15) is 0 Å². The van der Waals surface area contributed by atoms with Gasteiger partial charge in [-0.25, -0.2) is 0 Å². The lowest BCUT2D eigenvalue weighted by atomic mass is 9.93. The van der Waals surface area contributed by atoms with Crippen molar-refractivity contribution in [1.82, 2.24) is 14.8 Å². The topological polar surface area (TPSA) is 36.4 Å². The standard InChI is InChI=1S/C20H29N3O/c1-22(16-18-10-5-6-13-21-18)19-11-7-14-23(15-12-19)20(24)17-8-3-2-4-9-17/h2-3,5-6,10,13,17,19H,4,7-9,11-12,14-16H2,1H3/t17-,19-/m1/s1. The molecular formula is C20H29N3O. The number of pyridine rings is 1. The molecule has 1 aliphatic heterocycles. The summed E-state index contributed by atoms with van der Waals surface area (Å²) in [5.74, 6) is 0.602. The van der Waals surface area contributed by atoms with Crippen LogP contribution < -0.4 is 0 Å². The number of rotatable bonds is 4. The van der Waals surface area contributed by atoms with Gasteiger partial charge in [-0.15, -0.1) is 0 Å². The van der Waals surface area contributed by atoms with Crippen molar-refractivity contribution in [3.8, 4) is 0 Å². The molecule has 1 amide bonds. The first kappa shape index (κ1) is 17.2. The van der Waals surface area contributed by atoms with Crippen LogP contribution in [0.15, 0.2) is 36.5 Å². The molecule has 1 aromatic heterocycles. The first-order valence-corrected chi connectivity index (χ1v) is 9.28. The summed E-state index contributed by atoms with van der Waals surface area (Å²) in [5.41, 5.74) is 1.12. The molecule has 2 atom stereocenters. The number of likely N-dealkylation sites (tertiary alicyclic amines) is 1. The lowest BCUT2D eigenvalue weighted by Crippen LogP contribution is -2.38. The Bertz CT molecular complexity index is 557. The van der Waals surface area contributed by atoms with Crippen molar-refractivity contribution in [2.75, 3.05) is 20.1 Å². The number of carbonyl (C=O) groups excluding carboxylic acids is 1. The number of amides is 1. The molecule has 2 heterocycles. The van der Waals surface area contributed by atoms with Crippen LogP contribution in [0, 0.1) is 5.92 Å². The molecule has 1 aliphatic carbocycles. The molecule has 2 aliphatic rings. The van der Waals surface area contributed by atoms with E-state index >= 15 is 0 Å². The summed E-state index contributed by atoms with van der Waals surface area (Å²) in [6, 6.07) is 6.62. The van der Waals surface area contributed by atoms with E-state index in [1.807, 2.05) is 18.3 Å². The Hall–Kier alpha value is -1.68. The van der Waals surface area contributed by atoms with Crippen molar-refractivity contribution >= 4 is 5.91 Å². The van der Waals surface area contributed by atoms with Crippen LogP contribution in [0.5, 0.6) is 0 Å². The average molecular weight is 327 g/mol. The zero-order valence-electron chi connectivity index (χ0n) is 14.7. The van der Waals surface area contributed by atoms with Gasteiger partial charge in [0, 0.05) is 37.8 Å². The largest absolute Gasteiger partial charge is 0.342 e. The second kappa shape index (κ2) is 8.43. The van der Waals surface area contributed by atoms with E-state index in [9.17, 15) is 4.79 Å². The Morgan fingerprint density at radius 2 is 2.17 bits per heavy atom. The van der Waals surface area contributed by atoms with Crippen molar-refractivity contribution in [3.05, 3.63) is 42.2 Å². The van der Waals surface area contributed by atoms with E-state index in [1.165, 1.54) is 0 Å². The van der Waals surface area contributed by atoms with Crippen LogP contribution in [0.2, 0.25) is 0 Å². The van der Waals surface area contributed by atoms with Crippen molar-refractivity contribution < 1.29 is 4.79 Å². The van der Waals surface area contributed by atoms with Gasteiger partial charge in [-0.05, 0) is 57.7 Å². The van der Waals surface area contributed by atoms with Crippen LogP contribution in [0.1, 0.15) is 44.2 Å². The van der Waals surface area contributed by atoms with Gasteiger partial charge < -0.3 is 4.90 Å². The maximum Gasteiger partial charge on any atom is 0.226 e. The van der Waals surface area contributed by atoms with Crippen molar-refractivity contribution in [2.24, 2.45) is 5.92 Å². The summed E-state index contributed by atoms with van der Waals surface area (Å²) in [6.07, 6.45) is 12.6. The Kier molecular flexibility index (Phi) is 6.02. The summed E-state index contributed by atoms with van der Waals surface area (Å²) < 4.78 is 0. The number of aromatic nitrogens is 1. The maximum atomic E-state index is 12.7. The zero-order valence-corrected chi connectivity index (χ0v) is 14.7. The quantitative estimate of drug-likeness (QED) is 0.797. The van der Waals surface area contributed by atoms with Gasteiger partial charge in [0.25, 0.3) is 0 Å². The lowest BCUT2D eigenvalue weighted by molar-refractivity contribution is -0.135. The smallest absolute Gasteiger partial charge is 0.226 e. The molecule has 4 nitrogen and oxygen atoms in total. The first-order valence-electron chi connectivity index (χ1n) is 9.28. The van der Waals surface area contributed by atoms with Crippen molar-refractivity contribution in [1.29, 1.82) is 0 Å². The van der Waals surface area contributed by atoms with Gasteiger partial charge in [0.05, 0.1) is 5.69 Å². The van der Waals surface area contributed by atoms with Crippen LogP contribution in [-0.2, 0) is 11.3 Å². The van der Waals surface area contributed by atoms with E-state index in [-0.39, 0.29) is 5.92 Å². The summed E-state index contributed by atoms with van der Waals surface area (Å²) in [4.78, 5) is 21.7. The molecule has 4 heteroatoms. The van der Waals surface area contributed by atoms with Crippen LogP contribution in [0.4, 0.5) is 0 Å². The fourth-order valence-electron chi connectivity index (χ4n) is 3.89. The van der Waals surface area contributed by atoms with Crippen LogP contribution in [0.3, 0.4) is 0 Å². The molecule has 0 bridgehead atoms. The molecule has 0 spiro atoms. The molecule has 130 valence electrons. The number of hydrogen-bond donors (Lipinski definition) is 0. The van der Waals surface area contributed by atoms with E-state index in [2.05, 4.69) is 40.0 Å². The highest BCUT2D eigenvalue weighted by Crippen LogP contribution is 2.23. The predicted molar refractivity (Wildman–Crippen MR) is 96.4 cm³/mol. The van der Waals surface area contributed by atoms with Crippen molar-refractivity contribution in [2.45, 2.75) is 51.1 Å². The second-order valence-corrected chi connectivity index (χ2v) is 7.13. The van der Waals surface area contributed by atoms with Crippen molar-refractivity contribution in [3.63, 3.8) is 0 Å². The van der Waals surface area contributed by atoms with Gasteiger partial charge in [-0.1, -0.05) is 18.2 Å². The number of nitrogens with zero attached hydrogens (tertiary/aromatic N) is 3. The Balaban J connectivity index is 1.52. The maximum absolute atomic E-state index is 12.7. The number of carbonyl (C=O) groups is 1. The third-order valence-corrected chi connectivity index (χ3v) is 5.39. The highest BCUT2D eigenvalue weighted by Gasteiger charge is 2.27. The summed E-state index contributed by atoms with van der Waals surface area (Å²) >= 11 is 0. The minimum Gasteiger partial charge on any atom is -0.342 e. The van der Waals surface area contributed by atoms with Gasteiger partial charge in [-0.3, -0.25) is 14.7 Å². The second-order valence-electron chi connectivity index (χ2n) is 7.13. The van der Waals surface area contributed by atoms with Gasteiger partial charge in [0.15, 0.2) is 0 Å². The van der Waals surface area contributed by atoms with Gasteiger partial charge in [0.2, 0.25) is 5.91 Å². The minimum atomic E-state index is 0.220. The third-order valence-electron chi connectivity index (χ3n) is 5.39. The monoisotopic (exact) mass is 327 g/mol. The molecule has 0 unspecified atom stereocenters. The van der Waals surface area contributed by atoms with E-state index < -0.39 is 0 Å². The summed E-state index contributed by atoms with van der Waals surface area (Å²) in [5, 5.41) is 0. The van der Waals surface area contributed by atoms with E-state index in [1.54, 1.807) is 0 Å². The highest BCUT2D eigenvalue weighted by atomic mass is 16.2. The lowest BCUT2D eigenvalue weighted by Gasteiger charge is -2.28. The predicted octanol–water partition coefficient (Wildman–Crippen LogP) is 3.25. The zero-order chi connectivity index (χ0) is 16.8. The summed E-state index contributed by atoms with van der Waals surface area (Å²) in [6.45, 7) is 2.70. The van der Waals surface area contributed by atoms with Crippen LogP contribution >= 0.6 is 0 Å². The Morgan fingerprint density at radius 1 is 1.25 bits per heavy atom. The molecule has 0 radical (unpaired) electrons. The normalized spacial score (nSPS) is 24.8. The highest BCUT2D eigenvalue weighted by molar-refractivity contribution is 5.79. The van der Waals surface area contributed by atoms with Crippen LogP contribution in [-0.4, -0.2) is 46.9 Å². The molecular weight excluding hydrogens is 298 g/mol. The molecule has 0 N–H and O–H groups in total. The van der Waals surface area contributed by atoms with Gasteiger partial charge in [-0.2, -0.15) is 0 Å². The molecule has 1 fully saturated rings. The fourth-order valence-corrected chi connectivity index (χ4v) is 3.89.